The summed E-state index contributed by atoms with van der Waals surface area (Å²) < 4.78 is 0. The zero-order valence-electron chi connectivity index (χ0n) is 8.59. The molecular weight excluding hydrogens is 156 g/mol. The van der Waals surface area contributed by atoms with Gasteiger partial charge in [0, 0.05) is 0 Å². The predicted octanol–water partition coefficient (Wildman–Crippen LogP) is 4.18. The Balaban J connectivity index is 2.37. The van der Waals surface area contributed by atoms with Crippen LogP contribution < -0.4 is 0 Å². The Morgan fingerprint density at radius 2 is 2.38 bits per heavy atom. The number of hydrogen-bond acceptors (Lipinski definition) is 0. The van der Waals surface area contributed by atoms with Crippen molar-refractivity contribution in [1.82, 2.24) is 0 Å². The van der Waals surface area contributed by atoms with E-state index < -0.39 is 0 Å². The van der Waals surface area contributed by atoms with Crippen LogP contribution in [0.3, 0.4) is 0 Å². The topological polar surface area (TPSA) is 0 Å². The van der Waals surface area contributed by atoms with Crippen molar-refractivity contribution in [2.45, 2.75) is 33.1 Å². The van der Waals surface area contributed by atoms with Gasteiger partial charge in [0.1, 0.15) is 0 Å². The van der Waals surface area contributed by atoms with Crippen molar-refractivity contribution >= 4 is 0 Å². The summed E-state index contributed by atoms with van der Waals surface area (Å²) in [7, 11) is 0. The second-order valence-corrected chi connectivity index (χ2v) is 3.43. The largest absolute Gasteiger partial charge is 0.0847 e. The van der Waals surface area contributed by atoms with Crippen molar-refractivity contribution in [2.24, 2.45) is 0 Å². The predicted molar refractivity (Wildman–Crippen MR) is 59.6 cm³/mol. The van der Waals surface area contributed by atoms with Gasteiger partial charge in [-0.05, 0) is 33.1 Å². The van der Waals surface area contributed by atoms with Crippen LogP contribution in [0.5, 0.6) is 0 Å². The highest BCUT2D eigenvalue weighted by Gasteiger charge is 1.95. The van der Waals surface area contributed by atoms with Gasteiger partial charge in [-0.1, -0.05) is 47.6 Å². The van der Waals surface area contributed by atoms with Crippen LogP contribution in [0.25, 0.3) is 0 Å². The molecule has 70 valence electrons. The van der Waals surface area contributed by atoms with Crippen molar-refractivity contribution in [2.75, 3.05) is 0 Å². The van der Waals surface area contributed by atoms with E-state index in [1.165, 1.54) is 18.4 Å². The van der Waals surface area contributed by atoms with Gasteiger partial charge in [0.05, 0.1) is 0 Å². The third-order valence-corrected chi connectivity index (χ3v) is 2.32. The Morgan fingerprint density at radius 1 is 1.54 bits per heavy atom. The van der Waals surface area contributed by atoms with Crippen LogP contribution in [0, 0.1) is 0 Å². The molecular formula is C13H18. The smallest absolute Gasteiger partial charge is 0.0132 e. The molecule has 0 saturated carbocycles. The molecule has 0 aromatic carbocycles. The fourth-order valence-corrected chi connectivity index (χ4v) is 1.31. The molecule has 0 amide bonds. The zero-order valence-corrected chi connectivity index (χ0v) is 8.59. The molecule has 1 aliphatic carbocycles. The lowest BCUT2D eigenvalue weighted by molar-refractivity contribution is 0.924. The minimum Gasteiger partial charge on any atom is -0.0847 e. The summed E-state index contributed by atoms with van der Waals surface area (Å²) in [6, 6.07) is 0. The average Bonchev–Trinajstić information content (AvgIpc) is 2.19. The van der Waals surface area contributed by atoms with Crippen LogP contribution in [-0.2, 0) is 0 Å². The van der Waals surface area contributed by atoms with Crippen LogP contribution in [0.4, 0.5) is 0 Å². The lowest BCUT2D eigenvalue weighted by Crippen LogP contribution is -1.84. The molecule has 0 spiro atoms. The molecule has 0 radical (unpaired) electrons. The lowest BCUT2D eigenvalue weighted by atomic mass is 10.0. The van der Waals surface area contributed by atoms with Crippen LogP contribution in [-0.4, -0.2) is 0 Å². The van der Waals surface area contributed by atoms with Crippen molar-refractivity contribution in [3.63, 3.8) is 0 Å². The maximum Gasteiger partial charge on any atom is -0.0132 e. The first-order chi connectivity index (χ1) is 6.33. The molecule has 0 atom stereocenters. The Bertz CT molecular complexity index is 262. The molecule has 0 aromatic heterocycles. The van der Waals surface area contributed by atoms with Gasteiger partial charge < -0.3 is 0 Å². The van der Waals surface area contributed by atoms with Crippen molar-refractivity contribution in [3.8, 4) is 0 Å². The molecule has 0 nitrogen and oxygen atoms in total. The van der Waals surface area contributed by atoms with E-state index >= 15 is 0 Å². The minimum absolute atomic E-state index is 1.11. The second kappa shape index (κ2) is 5.58. The van der Waals surface area contributed by atoms with E-state index in [-0.39, 0.29) is 0 Å². The third kappa shape index (κ3) is 3.93. The summed E-state index contributed by atoms with van der Waals surface area (Å²) in [5.41, 5.74) is 2.88. The zero-order chi connectivity index (χ0) is 9.52. The maximum absolute atomic E-state index is 2.25. The third-order valence-electron chi connectivity index (χ3n) is 2.32. The summed E-state index contributed by atoms with van der Waals surface area (Å²) >= 11 is 0. The van der Waals surface area contributed by atoms with Gasteiger partial charge in [0.2, 0.25) is 0 Å². The lowest BCUT2D eigenvalue weighted by Gasteiger charge is -2.04. The normalized spacial score (nSPS) is 18.0. The van der Waals surface area contributed by atoms with Gasteiger partial charge in [-0.2, -0.15) is 0 Å². The molecule has 0 bridgehead atoms. The van der Waals surface area contributed by atoms with E-state index in [9.17, 15) is 0 Å². The first kappa shape index (κ1) is 10.0. The van der Waals surface area contributed by atoms with Crippen molar-refractivity contribution < 1.29 is 0 Å². The van der Waals surface area contributed by atoms with E-state index in [1.54, 1.807) is 5.57 Å². The van der Waals surface area contributed by atoms with E-state index in [4.69, 9.17) is 0 Å². The SMILES string of the molecule is C/C=C(C)\C=C/CC1=CC=CCC1. The highest BCUT2D eigenvalue weighted by atomic mass is 14.0. The molecule has 0 aromatic rings. The van der Waals surface area contributed by atoms with Crippen LogP contribution in [0.15, 0.2) is 47.6 Å². The Labute approximate surface area is 81.4 Å². The van der Waals surface area contributed by atoms with E-state index in [2.05, 4.69) is 50.3 Å². The average molecular weight is 174 g/mol. The highest BCUT2D eigenvalue weighted by Crippen LogP contribution is 2.15. The number of allylic oxidation sites excluding steroid dienone is 8. The van der Waals surface area contributed by atoms with Crippen molar-refractivity contribution in [3.05, 3.63) is 47.6 Å². The quantitative estimate of drug-likeness (QED) is 0.563. The summed E-state index contributed by atoms with van der Waals surface area (Å²) in [5, 5.41) is 0. The molecule has 0 unspecified atom stereocenters. The van der Waals surface area contributed by atoms with Gasteiger partial charge >= 0.3 is 0 Å². The fraction of sp³-hybridized carbons (Fsp3) is 0.385. The summed E-state index contributed by atoms with van der Waals surface area (Å²) in [6.45, 7) is 4.20. The maximum atomic E-state index is 2.25. The molecule has 0 N–H and O–H groups in total. The molecule has 13 heavy (non-hydrogen) atoms. The van der Waals surface area contributed by atoms with Gasteiger partial charge in [-0.3, -0.25) is 0 Å². The van der Waals surface area contributed by atoms with Crippen LogP contribution >= 0.6 is 0 Å². The van der Waals surface area contributed by atoms with Crippen molar-refractivity contribution in [1.29, 1.82) is 0 Å². The molecule has 0 heterocycles. The molecule has 1 rings (SSSR count). The molecule has 0 aliphatic heterocycles. The summed E-state index contributed by atoms with van der Waals surface area (Å²) in [6.07, 6.45) is 16.7. The number of rotatable bonds is 3. The standard InChI is InChI=1S/C13H18/c1-3-12(2)8-7-11-13-9-5-4-6-10-13/h3-5,7-9H,6,10-11H2,1-2H3/b8-7-,12-3-. The Hall–Kier alpha value is -1.04. The molecule has 1 aliphatic rings. The summed E-state index contributed by atoms with van der Waals surface area (Å²) in [5.74, 6) is 0. The summed E-state index contributed by atoms with van der Waals surface area (Å²) in [4.78, 5) is 0. The Kier molecular flexibility index (Phi) is 4.31. The molecule has 0 saturated heterocycles. The minimum atomic E-state index is 1.11. The van der Waals surface area contributed by atoms with Gasteiger partial charge in [-0.15, -0.1) is 0 Å². The fourth-order valence-electron chi connectivity index (χ4n) is 1.31. The van der Waals surface area contributed by atoms with Gasteiger partial charge in [0.25, 0.3) is 0 Å². The van der Waals surface area contributed by atoms with Crippen LogP contribution in [0.2, 0.25) is 0 Å². The number of hydrogen-bond donors (Lipinski definition) is 0. The Morgan fingerprint density at radius 3 is 3.00 bits per heavy atom. The first-order valence-electron chi connectivity index (χ1n) is 4.97. The first-order valence-corrected chi connectivity index (χ1v) is 4.97. The monoisotopic (exact) mass is 174 g/mol. The second-order valence-electron chi connectivity index (χ2n) is 3.43. The molecule has 0 fully saturated rings. The van der Waals surface area contributed by atoms with E-state index in [0.717, 1.165) is 6.42 Å². The highest BCUT2D eigenvalue weighted by molar-refractivity contribution is 5.22. The van der Waals surface area contributed by atoms with E-state index in [1.807, 2.05) is 0 Å². The van der Waals surface area contributed by atoms with Crippen LogP contribution in [0.1, 0.15) is 33.1 Å². The van der Waals surface area contributed by atoms with Gasteiger partial charge in [0.15, 0.2) is 0 Å². The van der Waals surface area contributed by atoms with E-state index in [0.29, 0.717) is 0 Å². The molecule has 0 heteroatoms. The van der Waals surface area contributed by atoms with Gasteiger partial charge in [-0.25, -0.2) is 0 Å².